The minimum Gasteiger partial charge on any atom is -0.497 e. The van der Waals surface area contributed by atoms with E-state index in [0.717, 1.165) is 10.8 Å². The second-order valence-corrected chi connectivity index (χ2v) is 4.77. The summed E-state index contributed by atoms with van der Waals surface area (Å²) in [5.41, 5.74) is 0. The fourth-order valence-corrected chi connectivity index (χ4v) is 2.01. The predicted octanol–water partition coefficient (Wildman–Crippen LogP) is 1.71. The average molecular weight is 261 g/mol. The van der Waals surface area contributed by atoms with Crippen molar-refractivity contribution < 1.29 is 17.7 Å². The zero-order chi connectivity index (χ0) is 11.8. The monoisotopic (exact) mass is 261 g/mol. The Labute approximate surface area is 122 Å². The van der Waals surface area contributed by atoms with Gasteiger partial charge in [0.1, 0.15) is 5.75 Å². The number of fused-ring (bicyclic) bond motifs is 1. The third kappa shape index (κ3) is 3.20. The van der Waals surface area contributed by atoms with Crippen LogP contribution in [0.3, 0.4) is 0 Å². The van der Waals surface area contributed by atoms with Gasteiger partial charge in [-0.05, 0) is 35.0 Å². The molecule has 2 aromatic carbocycles. The Bertz CT molecular complexity index is 637. The quantitative estimate of drug-likeness (QED) is 0.660. The van der Waals surface area contributed by atoms with Gasteiger partial charge in [-0.25, -0.2) is 0 Å². The van der Waals surface area contributed by atoms with Crippen LogP contribution in [0.5, 0.6) is 5.75 Å². The molecular weight excluding hydrogens is 251 g/mol. The molecule has 0 bridgehead atoms. The third-order valence-electron chi connectivity index (χ3n) is 2.32. The maximum Gasteiger partial charge on any atom is 0.294 e. The van der Waals surface area contributed by atoms with E-state index < -0.39 is 10.1 Å². The van der Waals surface area contributed by atoms with Gasteiger partial charge in [0.2, 0.25) is 0 Å². The molecule has 1 radical (unpaired) electrons. The summed E-state index contributed by atoms with van der Waals surface area (Å²) in [6.07, 6.45) is 0. The molecular formula is C11H10NaO4S. The molecule has 17 heavy (non-hydrogen) atoms. The van der Waals surface area contributed by atoms with E-state index in [1.54, 1.807) is 31.4 Å². The smallest absolute Gasteiger partial charge is 0.294 e. The van der Waals surface area contributed by atoms with Crippen molar-refractivity contribution in [2.24, 2.45) is 0 Å². The molecule has 0 aliphatic rings. The summed E-state index contributed by atoms with van der Waals surface area (Å²) in [6.45, 7) is 0. The first-order valence-corrected chi connectivity index (χ1v) is 6.00. The molecule has 0 saturated carbocycles. The molecule has 0 aliphatic heterocycles. The van der Waals surface area contributed by atoms with Crippen LogP contribution in [0.2, 0.25) is 0 Å². The van der Waals surface area contributed by atoms with E-state index in [4.69, 9.17) is 9.29 Å². The standard InChI is InChI=1S/C11H10O4S.Na/c1-15-10-4-2-9-7-11(16(12,13)14)5-3-8(9)6-10;/h2-7H,1H3,(H,12,13,14);. The molecule has 6 heteroatoms. The first-order valence-electron chi connectivity index (χ1n) is 4.56. The molecule has 0 unspecified atom stereocenters. The Kier molecular flexibility index (Phi) is 4.57. The zero-order valence-corrected chi connectivity index (χ0v) is 12.4. The summed E-state index contributed by atoms with van der Waals surface area (Å²) in [7, 11) is -2.58. The van der Waals surface area contributed by atoms with Crippen LogP contribution in [-0.4, -0.2) is 49.6 Å². The van der Waals surface area contributed by atoms with Gasteiger partial charge in [-0.1, -0.05) is 12.1 Å². The van der Waals surface area contributed by atoms with Crippen LogP contribution in [0.25, 0.3) is 10.8 Å². The maximum absolute atomic E-state index is 10.9. The first-order chi connectivity index (χ1) is 7.50. The fourth-order valence-electron chi connectivity index (χ4n) is 1.49. The predicted molar refractivity (Wildman–Crippen MR) is 66.1 cm³/mol. The van der Waals surface area contributed by atoms with Crippen molar-refractivity contribution >= 4 is 50.4 Å². The Morgan fingerprint density at radius 1 is 1.06 bits per heavy atom. The second-order valence-electron chi connectivity index (χ2n) is 3.35. The molecule has 0 aromatic heterocycles. The van der Waals surface area contributed by atoms with Crippen LogP contribution in [0.15, 0.2) is 41.3 Å². The van der Waals surface area contributed by atoms with Gasteiger partial charge in [-0.3, -0.25) is 4.55 Å². The van der Waals surface area contributed by atoms with Crippen molar-refractivity contribution in [2.75, 3.05) is 7.11 Å². The summed E-state index contributed by atoms with van der Waals surface area (Å²) < 4.78 is 35.8. The van der Waals surface area contributed by atoms with Gasteiger partial charge in [0.05, 0.1) is 12.0 Å². The van der Waals surface area contributed by atoms with Crippen LogP contribution in [0, 0.1) is 0 Å². The number of hydrogen-bond donors (Lipinski definition) is 1. The molecule has 0 amide bonds. The molecule has 0 atom stereocenters. The number of benzene rings is 2. The van der Waals surface area contributed by atoms with E-state index in [0.29, 0.717) is 5.75 Å². The van der Waals surface area contributed by atoms with Crippen LogP contribution < -0.4 is 4.74 Å². The molecule has 0 fully saturated rings. The van der Waals surface area contributed by atoms with E-state index in [1.165, 1.54) is 12.1 Å². The summed E-state index contributed by atoms with van der Waals surface area (Å²) in [6, 6.07) is 9.67. The molecule has 0 saturated heterocycles. The van der Waals surface area contributed by atoms with Crippen molar-refractivity contribution in [1.82, 2.24) is 0 Å². The number of rotatable bonds is 2. The van der Waals surface area contributed by atoms with Crippen LogP contribution >= 0.6 is 0 Å². The molecule has 85 valence electrons. The Hall–Kier alpha value is -0.590. The van der Waals surface area contributed by atoms with Crippen molar-refractivity contribution in [2.45, 2.75) is 4.90 Å². The molecule has 0 spiro atoms. The molecule has 2 aromatic rings. The van der Waals surface area contributed by atoms with Gasteiger partial charge in [0, 0.05) is 29.6 Å². The third-order valence-corrected chi connectivity index (χ3v) is 3.17. The van der Waals surface area contributed by atoms with E-state index in [1.807, 2.05) is 0 Å². The summed E-state index contributed by atoms with van der Waals surface area (Å²) in [5.74, 6) is 0.701. The van der Waals surface area contributed by atoms with Crippen LogP contribution in [-0.2, 0) is 10.1 Å². The van der Waals surface area contributed by atoms with Gasteiger partial charge in [0.15, 0.2) is 0 Å². The minimum atomic E-state index is -4.14. The first kappa shape index (κ1) is 14.5. The topological polar surface area (TPSA) is 63.6 Å². The Morgan fingerprint density at radius 3 is 2.24 bits per heavy atom. The van der Waals surface area contributed by atoms with Gasteiger partial charge in [-0.15, -0.1) is 0 Å². The van der Waals surface area contributed by atoms with Crippen LogP contribution in [0.4, 0.5) is 0 Å². The van der Waals surface area contributed by atoms with Crippen LogP contribution in [0.1, 0.15) is 0 Å². The number of methoxy groups -OCH3 is 1. The number of ether oxygens (including phenoxy) is 1. The fraction of sp³-hybridized carbons (Fsp3) is 0.0909. The van der Waals surface area contributed by atoms with Crippen molar-refractivity contribution in [1.29, 1.82) is 0 Å². The minimum absolute atomic E-state index is 0. The van der Waals surface area contributed by atoms with Gasteiger partial charge in [-0.2, -0.15) is 8.42 Å². The largest absolute Gasteiger partial charge is 0.497 e. The second kappa shape index (κ2) is 5.37. The summed E-state index contributed by atoms with van der Waals surface area (Å²) >= 11 is 0. The molecule has 2 rings (SSSR count). The zero-order valence-electron chi connectivity index (χ0n) is 9.54. The van der Waals surface area contributed by atoms with E-state index in [2.05, 4.69) is 0 Å². The summed E-state index contributed by atoms with van der Waals surface area (Å²) in [5, 5.41) is 1.59. The molecule has 4 nitrogen and oxygen atoms in total. The van der Waals surface area contributed by atoms with Gasteiger partial charge >= 0.3 is 0 Å². The Balaban J connectivity index is 0.00000144. The maximum atomic E-state index is 10.9. The molecule has 1 N–H and O–H groups in total. The van der Waals surface area contributed by atoms with E-state index >= 15 is 0 Å². The summed E-state index contributed by atoms with van der Waals surface area (Å²) in [4.78, 5) is -0.106. The van der Waals surface area contributed by atoms with Gasteiger partial charge < -0.3 is 4.74 Å². The molecule has 0 aliphatic carbocycles. The Morgan fingerprint density at radius 2 is 1.65 bits per heavy atom. The molecule has 0 heterocycles. The van der Waals surface area contributed by atoms with Crippen molar-refractivity contribution in [3.63, 3.8) is 0 Å². The van der Waals surface area contributed by atoms with E-state index in [-0.39, 0.29) is 34.5 Å². The number of hydrogen-bond acceptors (Lipinski definition) is 3. The van der Waals surface area contributed by atoms with Gasteiger partial charge in [0.25, 0.3) is 10.1 Å². The van der Waals surface area contributed by atoms with Crippen molar-refractivity contribution in [3.05, 3.63) is 36.4 Å². The SMILES string of the molecule is COc1ccc2cc(S(=O)(=O)O)ccc2c1.[Na]. The normalized spacial score (nSPS) is 10.9. The van der Waals surface area contributed by atoms with Crippen molar-refractivity contribution in [3.8, 4) is 5.75 Å². The van der Waals surface area contributed by atoms with E-state index in [9.17, 15) is 8.42 Å². The average Bonchev–Trinajstić information content (AvgIpc) is 2.26.